The molecule has 0 saturated heterocycles. The highest BCUT2D eigenvalue weighted by atomic mass is 32.1. The van der Waals surface area contributed by atoms with Gasteiger partial charge in [0.25, 0.3) is 0 Å². The lowest BCUT2D eigenvalue weighted by Gasteiger charge is -2.10. The van der Waals surface area contributed by atoms with Crippen LogP contribution in [0, 0.1) is 12.7 Å². The number of hydrogen-bond donors (Lipinski definition) is 1. The summed E-state index contributed by atoms with van der Waals surface area (Å²) in [5.41, 5.74) is 3.19. The molecule has 0 radical (unpaired) electrons. The van der Waals surface area contributed by atoms with Crippen LogP contribution in [0.4, 0.5) is 4.39 Å². The molecule has 29 heavy (non-hydrogen) atoms. The molecule has 6 nitrogen and oxygen atoms in total. The van der Waals surface area contributed by atoms with Crippen molar-refractivity contribution in [2.24, 2.45) is 7.05 Å². The van der Waals surface area contributed by atoms with Crippen LogP contribution in [0.5, 0.6) is 0 Å². The van der Waals surface area contributed by atoms with Gasteiger partial charge in [-0.25, -0.2) is 9.37 Å². The van der Waals surface area contributed by atoms with Crippen molar-refractivity contribution in [1.29, 1.82) is 0 Å². The molecule has 2 aromatic carbocycles. The number of imidazole rings is 1. The average Bonchev–Trinajstić information content (AvgIpc) is 3.17. The smallest absolute Gasteiger partial charge is 0.308 e. The minimum absolute atomic E-state index is 0.111. The number of nitrogens with one attached hydrogen (secondary N) is 1. The van der Waals surface area contributed by atoms with Gasteiger partial charge in [0.05, 0.1) is 23.3 Å². The Kier molecular flexibility index (Phi) is 5.02. The van der Waals surface area contributed by atoms with E-state index in [-0.39, 0.29) is 29.7 Å². The Morgan fingerprint density at radius 3 is 2.62 bits per heavy atom. The highest BCUT2D eigenvalue weighted by Gasteiger charge is 2.17. The van der Waals surface area contributed by atoms with Crippen molar-refractivity contribution >= 4 is 28.3 Å². The van der Waals surface area contributed by atoms with E-state index in [0.29, 0.717) is 11.3 Å². The van der Waals surface area contributed by atoms with Gasteiger partial charge >= 0.3 is 4.87 Å². The van der Waals surface area contributed by atoms with Gasteiger partial charge in [0.1, 0.15) is 18.2 Å². The molecule has 0 aliphatic rings. The molecule has 0 aliphatic heterocycles. The first-order valence-corrected chi connectivity index (χ1v) is 9.89. The largest absolute Gasteiger partial charge is 0.347 e. The number of rotatable bonds is 5. The van der Waals surface area contributed by atoms with Gasteiger partial charge < -0.3 is 9.88 Å². The van der Waals surface area contributed by atoms with Crippen LogP contribution in [-0.2, 0) is 24.9 Å². The zero-order valence-electron chi connectivity index (χ0n) is 16.0. The van der Waals surface area contributed by atoms with E-state index in [1.807, 2.05) is 42.8 Å². The number of carbonyl (C=O) groups is 1. The van der Waals surface area contributed by atoms with Gasteiger partial charge in [-0.3, -0.25) is 14.2 Å². The summed E-state index contributed by atoms with van der Waals surface area (Å²) >= 11 is 1.07. The second-order valence-corrected chi connectivity index (χ2v) is 7.88. The Bertz CT molecular complexity index is 1250. The molecule has 8 heteroatoms. The number of para-hydroxylation sites is 2. The molecule has 2 heterocycles. The van der Waals surface area contributed by atoms with Gasteiger partial charge in [-0.1, -0.05) is 23.5 Å². The molecule has 0 aliphatic carbocycles. The van der Waals surface area contributed by atoms with Crippen molar-refractivity contribution in [1.82, 2.24) is 19.4 Å². The van der Waals surface area contributed by atoms with Gasteiger partial charge in [0.2, 0.25) is 5.91 Å². The average molecular weight is 410 g/mol. The molecule has 0 saturated carbocycles. The quantitative estimate of drug-likeness (QED) is 0.549. The lowest BCUT2D eigenvalue weighted by Crippen LogP contribution is -2.31. The number of amides is 1. The molecule has 1 amide bonds. The lowest BCUT2D eigenvalue weighted by atomic mass is 10.1. The minimum atomic E-state index is -0.351. The number of halogens is 1. The summed E-state index contributed by atoms with van der Waals surface area (Å²) in [5.74, 6) is 0.0863. The van der Waals surface area contributed by atoms with Gasteiger partial charge in [-0.2, -0.15) is 0 Å². The number of thiazole rings is 1. The number of nitrogens with zero attached hydrogens (tertiary/aromatic N) is 3. The molecule has 0 bridgehead atoms. The topological polar surface area (TPSA) is 68.9 Å². The second kappa shape index (κ2) is 7.63. The van der Waals surface area contributed by atoms with E-state index < -0.39 is 0 Å². The zero-order valence-corrected chi connectivity index (χ0v) is 16.8. The van der Waals surface area contributed by atoms with Crippen molar-refractivity contribution in [3.8, 4) is 11.3 Å². The molecule has 0 unspecified atom stereocenters. The summed E-state index contributed by atoms with van der Waals surface area (Å²) in [5, 5.41) is 2.84. The summed E-state index contributed by atoms with van der Waals surface area (Å²) in [7, 11) is 1.90. The normalized spacial score (nSPS) is 11.1. The molecular weight excluding hydrogens is 391 g/mol. The zero-order chi connectivity index (χ0) is 20.5. The molecule has 4 rings (SSSR count). The van der Waals surface area contributed by atoms with Crippen molar-refractivity contribution in [2.75, 3.05) is 0 Å². The van der Waals surface area contributed by atoms with Crippen LogP contribution in [0.15, 0.2) is 53.3 Å². The predicted octanol–water partition coefficient (Wildman–Crippen LogP) is 3.23. The van der Waals surface area contributed by atoms with Crippen molar-refractivity contribution in [3.05, 3.63) is 74.7 Å². The van der Waals surface area contributed by atoms with Crippen molar-refractivity contribution < 1.29 is 9.18 Å². The maximum absolute atomic E-state index is 13.3. The van der Waals surface area contributed by atoms with E-state index in [1.165, 1.54) is 16.7 Å². The van der Waals surface area contributed by atoms with E-state index in [1.54, 1.807) is 12.1 Å². The fraction of sp³-hybridized carbons (Fsp3) is 0.190. The first-order chi connectivity index (χ1) is 13.9. The van der Waals surface area contributed by atoms with Gasteiger partial charge in [0, 0.05) is 11.9 Å². The number of aromatic nitrogens is 3. The number of aryl methyl sites for hydroxylation is 2. The first-order valence-electron chi connectivity index (χ1n) is 9.07. The third kappa shape index (κ3) is 3.71. The number of benzene rings is 2. The van der Waals surface area contributed by atoms with Crippen LogP contribution in [0.25, 0.3) is 22.3 Å². The molecule has 2 aromatic heterocycles. The standard InChI is InChI=1S/C21H19FN4O2S/c1-13-20(14-7-9-15(22)10-8-14)26(21(28)29-13)12-19(27)23-11-18-24-16-5-3-4-6-17(16)25(18)2/h3-10H,11-12H2,1-2H3,(H,23,27). The summed E-state index contributed by atoms with van der Waals surface area (Å²) in [6.07, 6.45) is 0. The second-order valence-electron chi connectivity index (χ2n) is 6.72. The summed E-state index contributed by atoms with van der Waals surface area (Å²) in [6.45, 7) is 1.96. The van der Waals surface area contributed by atoms with E-state index in [9.17, 15) is 14.0 Å². The van der Waals surface area contributed by atoms with E-state index in [2.05, 4.69) is 10.3 Å². The third-order valence-corrected chi connectivity index (χ3v) is 5.70. The summed E-state index contributed by atoms with van der Waals surface area (Å²) in [4.78, 5) is 30.0. The Hall–Kier alpha value is -3.26. The molecule has 0 atom stereocenters. The minimum Gasteiger partial charge on any atom is -0.347 e. The van der Waals surface area contributed by atoms with Gasteiger partial charge in [0.15, 0.2) is 0 Å². The number of carbonyl (C=O) groups excluding carboxylic acids is 1. The highest BCUT2D eigenvalue weighted by Crippen LogP contribution is 2.25. The van der Waals surface area contributed by atoms with E-state index >= 15 is 0 Å². The Labute approximate surface area is 170 Å². The fourth-order valence-electron chi connectivity index (χ4n) is 3.36. The summed E-state index contributed by atoms with van der Waals surface area (Å²) in [6, 6.07) is 13.6. The van der Waals surface area contributed by atoms with Gasteiger partial charge in [-0.15, -0.1) is 0 Å². The molecule has 148 valence electrons. The maximum atomic E-state index is 13.3. The van der Waals surface area contributed by atoms with Crippen LogP contribution in [-0.4, -0.2) is 20.0 Å². The number of hydrogen-bond acceptors (Lipinski definition) is 4. The Balaban J connectivity index is 1.53. The maximum Gasteiger partial charge on any atom is 0.308 e. The van der Waals surface area contributed by atoms with E-state index in [0.717, 1.165) is 33.1 Å². The summed E-state index contributed by atoms with van der Waals surface area (Å²) < 4.78 is 16.6. The predicted molar refractivity (Wildman–Crippen MR) is 111 cm³/mol. The highest BCUT2D eigenvalue weighted by molar-refractivity contribution is 7.09. The SMILES string of the molecule is Cc1sc(=O)n(CC(=O)NCc2nc3ccccc3n2C)c1-c1ccc(F)cc1. The molecule has 0 fully saturated rings. The lowest BCUT2D eigenvalue weighted by molar-refractivity contribution is -0.121. The van der Waals surface area contributed by atoms with Crippen molar-refractivity contribution in [2.45, 2.75) is 20.0 Å². The third-order valence-electron chi connectivity index (χ3n) is 4.81. The molecular formula is C21H19FN4O2S. The van der Waals surface area contributed by atoms with Crippen molar-refractivity contribution in [3.63, 3.8) is 0 Å². The molecule has 1 N–H and O–H groups in total. The van der Waals surface area contributed by atoms with Crippen LogP contribution in [0.3, 0.4) is 0 Å². The van der Waals surface area contributed by atoms with Gasteiger partial charge in [-0.05, 0) is 48.9 Å². The molecule has 4 aromatic rings. The van der Waals surface area contributed by atoms with Crippen LogP contribution < -0.4 is 10.2 Å². The fourth-order valence-corrected chi connectivity index (χ4v) is 4.21. The van der Waals surface area contributed by atoms with E-state index in [4.69, 9.17) is 0 Å². The van der Waals surface area contributed by atoms with Crippen LogP contribution in [0.1, 0.15) is 10.7 Å². The Morgan fingerprint density at radius 1 is 1.17 bits per heavy atom. The monoisotopic (exact) mass is 410 g/mol. The van der Waals surface area contributed by atoms with Crippen LogP contribution in [0.2, 0.25) is 0 Å². The molecule has 0 spiro atoms. The Morgan fingerprint density at radius 2 is 1.90 bits per heavy atom. The number of fused-ring (bicyclic) bond motifs is 1. The van der Waals surface area contributed by atoms with Crippen LogP contribution >= 0.6 is 11.3 Å². The first kappa shape index (κ1) is 19.1.